The minimum atomic E-state index is -5.19. The maximum Gasteiger partial charge on any atom is 0.405 e. The van der Waals surface area contributed by atoms with Crippen LogP contribution in [0.4, 0.5) is 30.7 Å². The van der Waals surface area contributed by atoms with Gasteiger partial charge in [-0.05, 0) is 73.4 Å². The molecule has 1 saturated carbocycles. The molecule has 1 fully saturated rings. The number of rotatable bonds is 10. The summed E-state index contributed by atoms with van der Waals surface area (Å²) >= 11 is 0. The Bertz CT molecular complexity index is 1550. The zero-order valence-electron chi connectivity index (χ0n) is 22.4. The number of hydrogen-bond donors (Lipinski definition) is 0. The molecule has 0 aliphatic heterocycles. The molecule has 2 aliphatic rings. The molecule has 234 valence electrons. The lowest BCUT2D eigenvalue weighted by Gasteiger charge is -2.38. The largest absolute Gasteiger partial charge is 0.405 e. The Kier molecular flexibility index (Phi) is 8.65. The van der Waals surface area contributed by atoms with E-state index in [1.165, 1.54) is 12.1 Å². The van der Waals surface area contributed by atoms with Crippen molar-refractivity contribution < 1.29 is 51.8 Å². The Labute approximate surface area is 238 Å². The summed E-state index contributed by atoms with van der Waals surface area (Å²) in [5, 5.41) is 4.39. The molecule has 2 aliphatic carbocycles. The molecular formula is C25H28F7N3O5S2. The molecule has 1 heterocycles. The summed E-state index contributed by atoms with van der Waals surface area (Å²) in [6.07, 6.45) is -7.25. The summed E-state index contributed by atoms with van der Waals surface area (Å²) in [6.45, 7) is 1.47. The van der Waals surface area contributed by atoms with Gasteiger partial charge in [0, 0.05) is 13.1 Å². The molecule has 0 amide bonds. The molecule has 1 aromatic carbocycles. The highest BCUT2D eigenvalue weighted by atomic mass is 32.2. The minimum absolute atomic E-state index is 0.360. The van der Waals surface area contributed by atoms with Crippen LogP contribution in [-0.2, 0) is 30.7 Å². The average molecular weight is 648 g/mol. The van der Waals surface area contributed by atoms with Gasteiger partial charge in [0.05, 0.1) is 23.7 Å². The molecular weight excluding hydrogens is 619 g/mol. The maximum atomic E-state index is 13.4. The summed E-state index contributed by atoms with van der Waals surface area (Å²) in [5.74, 6) is -5.51. The first-order valence-corrected chi connectivity index (χ1v) is 15.9. The highest BCUT2D eigenvalue weighted by molar-refractivity contribution is 7.89. The Morgan fingerprint density at radius 2 is 1.69 bits per heavy atom. The van der Waals surface area contributed by atoms with Gasteiger partial charge in [-0.2, -0.15) is 44.2 Å². The van der Waals surface area contributed by atoms with Crippen molar-refractivity contribution in [3.8, 4) is 5.69 Å². The quantitative estimate of drug-likeness (QED) is 0.270. The van der Waals surface area contributed by atoms with E-state index < -0.39 is 80.3 Å². The lowest BCUT2D eigenvalue weighted by atomic mass is 9.70. The molecule has 3 atom stereocenters. The minimum Gasteiger partial charge on any atom is -0.265 e. The molecule has 42 heavy (non-hydrogen) atoms. The molecule has 8 nitrogen and oxygen atoms in total. The highest BCUT2D eigenvalue weighted by Crippen LogP contribution is 2.53. The number of halogens is 7. The molecule has 0 bridgehead atoms. The number of hydrogen-bond acceptors (Lipinski definition) is 6. The van der Waals surface area contributed by atoms with Crippen molar-refractivity contribution >= 4 is 26.2 Å². The van der Waals surface area contributed by atoms with E-state index in [2.05, 4.69) is 9.28 Å². The number of allylic oxidation sites excluding steroid dienone is 1. The van der Waals surface area contributed by atoms with Gasteiger partial charge in [0.25, 0.3) is 10.1 Å². The summed E-state index contributed by atoms with van der Waals surface area (Å²) in [4.78, 5) is 0. The van der Waals surface area contributed by atoms with Crippen molar-refractivity contribution in [2.75, 3.05) is 24.6 Å². The van der Waals surface area contributed by atoms with E-state index in [0.717, 1.165) is 23.8 Å². The third-order valence-electron chi connectivity index (χ3n) is 7.50. The van der Waals surface area contributed by atoms with Gasteiger partial charge in [0.15, 0.2) is 11.5 Å². The van der Waals surface area contributed by atoms with Crippen molar-refractivity contribution in [2.24, 2.45) is 11.3 Å². The molecule has 17 heteroatoms. The third-order valence-corrected chi connectivity index (χ3v) is 10.6. The molecule has 2 aromatic rings. The van der Waals surface area contributed by atoms with E-state index in [1.54, 1.807) is 23.0 Å². The number of aromatic nitrogens is 2. The first-order chi connectivity index (χ1) is 19.2. The van der Waals surface area contributed by atoms with E-state index >= 15 is 0 Å². The van der Waals surface area contributed by atoms with Crippen molar-refractivity contribution in [3.63, 3.8) is 0 Å². The second kappa shape index (κ2) is 11.2. The van der Waals surface area contributed by atoms with Gasteiger partial charge in [-0.15, -0.1) is 0 Å². The van der Waals surface area contributed by atoms with Crippen molar-refractivity contribution in [1.29, 1.82) is 0 Å². The van der Waals surface area contributed by atoms with Crippen LogP contribution < -0.4 is 0 Å². The van der Waals surface area contributed by atoms with Gasteiger partial charge in [-0.25, -0.2) is 17.5 Å². The summed E-state index contributed by atoms with van der Waals surface area (Å²) in [5.41, 5.74) is 2.30. The van der Waals surface area contributed by atoms with E-state index in [4.69, 9.17) is 0 Å². The SMILES string of the molecule is C[C@@H](CN(C[C@H]1CCC2=Cc3c(cnn3-c3ccc(F)cc3)C[C@@]21C)S(=O)(=O)CC(F)(F)F)OS(=O)(=O)CC(F)(F)F. The highest BCUT2D eigenvalue weighted by Gasteiger charge is 2.48. The monoisotopic (exact) mass is 647 g/mol. The molecule has 1 aromatic heterocycles. The van der Waals surface area contributed by atoms with Gasteiger partial charge in [0.1, 0.15) is 5.82 Å². The van der Waals surface area contributed by atoms with Crippen LogP contribution in [0.2, 0.25) is 0 Å². The van der Waals surface area contributed by atoms with Crippen LogP contribution in [-0.4, -0.2) is 74.0 Å². The second-order valence-corrected chi connectivity index (χ2v) is 14.4. The molecule has 0 N–H and O–H groups in total. The Morgan fingerprint density at radius 3 is 2.29 bits per heavy atom. The van der Waals surface area contributed by atoms with Crippen molar-refractivity contribution in [1.82, 2.24) is 14.1 Å². The van der Waals surface area contributed by atoms with E-state index in [0.29, 0.717) is 29.3 Å². The summed E-state index contributed by atoms with van der Waals surface area (Å²) < 4.78 is 147. The van der Waals surface area contributed by atoms with Crippen LogP contribution in [0.1, 0.15) is 37.9 Å². The van der Waals surface area contributed by atoms with Gasteiger partial charge in [-0.1, -0.05) is 12.5 Å². The van der Waals surface area contributed by atoms with Crippen LogP contribution in [0.3, 0.4) is 0 Å². The number of alkyl halides is 6. The predicted molar refractivity (Wildman–Crippen MR) is 138 cm³/mol. The van der Waals surface area contributed by atoms with Crippen LogP contribution >= 0.6 is 0 Å². The first-order valence-electron chi connectivity index (χ1n) is 12.7. The van der Waals surface area contributed by atoms with Crippen LogP contribution in [0.25, 0.3) is 11.8 Å². The fourth-order valence-electron chi connectivity index (χ4n) is 5.66. The molecule has 0 radical (unpaired) electrons. The zero-order valence-corrected chi connectivity index (χ0v) is 24.0. The molecule has 0 saturated heterocycles. The normalized spacial score (nSPS) is 22.1. The van der Waals surface area contributed by atoms with Crippen molar-refractivity contribution in [2.45, 2.75) is 51.6 Å². The van der Waals surface area contributed by atoms with E-state index in [9.17, 15) is 47.6 Å². The predicted octanol–water partition coefficient (Wildman–Crippen LogP) is 4.86. The lowest BCUT2D eigenvalue weighted by molar-refractivity contribution is -0.109. The fourth-order valence-corrected chi connectivity index (χ4v) is 8.13. The van der Waals surface area contributed by atoms with Gasteiger partial charge in [-0.3, -0.25) is 4.18 Å². The topological polar surface area (TPSA) is 98.6 Å². The fraction of sp³-hybridized carbons (Fsp3) is 0.560. The maximum absolute atomic E-state index is 13.4. The Hall–Kier alpha value is -2.50. The molecule has 0 spiro atoms. The Balaban J connectivity index is 1.59. The number of benzene rings is 1. The van der Waals surface area contributed by atoms with Crippen LogP contribution in [0.5, 0.6) is 0 Å². The zero-order chi connectivity index (χ0) is 31.3. The van der Waals surface area contributed by atoms with Gasteiger partial charge < -0.3 is 0 Å². The standard InChI is InChI=1S/C25H28F7N3O5S2/c1-16(40-42(38,39)15-25(30,31)32)12-34(41(36,37)14-24(27,28)29)13-19-4-3-18-9-22-17(10-23(18,19)2)11-33-35(22)21-7-5-20(26)6-8-21/h5-9,11,16,19H,3-4,10,12-15H2,1-2H3/t16-,19+,23-/m0/s1. The van der Waals surface area contributed by atoms with E-state index in [1.807, 2.05) is 13.0 Å². The number of sulfonamides is 1. The Morgan fingerprint density at radius 1 is 1.07 bits per heavy atom. The third kappa shape index (κ3) is 7.52. The summed E-state index contributed by atoms with van der Waals surface area (Å²) in [7, 11) is -10.3. The number of fused-ring (bicyclic) bond motifs is 2. The summed E-state index contributed by atoms with van der Waals surface area (Å²) in [6, 6.07) is 5.66. The van der Waals surface area contributed by atoms with E-state index in [-0.39, 0.29) is 0 Å². The van der Waals surface area contributed by atoms with Gasteiger partial charge in [0.2, 0.25) is 10.0 Å². The van der Waals surface area contributed by atoms with Crippen LogP contribution in [0.15, 0.2) is 36.0 Å². The van der Waals surface area contributed by atoms with Gasteiger partial charge >= 0.3 is 12.4 Å². The number of nitrogens with zero attached hydrogens (tertiary/aromatic N) is 3. The molecule has 4 rings (SSSR count). The first kappa shape index (κ1) is 32.4. The lowest BCUT2D eigenvalue weighted by Crippen LogP contribution is -2.47. The molecule has 0 unspecified atom stereocenters. The second-order valence-electron chi connectivity index (χ2n) is 10.9. The smallest absolute Gasteiger partial charge is 0.265 e. The van der Waals surface area contributed by atoms with Crippen molar-refractivity contribution in [3.05, 3.63) is 53.1 Å². The van der Waals surface area contributed by atoms with Crippen LogP contribution in [0, 0.1) is 17.2 Å². The average Bonchev–Trinajstić information content (AvgIpc) is 3.33.